The Morgan fingerprint density at radius 3 is 2.65 bits per heavy atom. The number of aromatic nitrogens is 4. The second-order valence-corrected chi connectivity index (χ2v) is 7.16. The summed E-state index contributed by atoms with van der Waals surface area (Å²) in [4.78, 5) is 42.2. The molecule has 1 saturated heterocycles. The second kappa shape index (κ2) is 6.70. The molecule has 0 unspecified atom stereocenters. The van der Waals surface area contributed by atoms with Gasteiger partial charge < -0.3 is 34.6 Å². The largest absolute Gasteiger partial charge is 0.469 e. The van der Waals surface area contributed by atoms with E-state index in [0.717, 1.165) is 4.57 Å². The minimum Gasteiger partial charge on any atom is -0.387 e. The van der Waals surface area contributed by atoms with Crippen LogP contribution in [0.25, 0.3) is 11.2 Å². The van der Waals surface area contributed by atoms with Gasteiger partial charge >= 0.3 is 13.5 Å². The van der Waals surface area contributed by atoms with E-state index in [-0.39, 0.29) is 5.65 Å². The van der Waals surface area contributed by atoms with Crippen molar-refractivity contribution in [2.45, 2.75) is 24.5 Å². The van der Waals surface area contributed by atoms with E-state index >= 15 is 0 Å². The van der Waals surface area contributed by atoms with Crippen molar-refractivity contribution in [2.24, 2.45) is 0 Å². The number of aliphatic hydroxyl groups is 2. The van der Waals surface area contributed by atoms with Crippen LogP contribution in [0.4, 0.5) is 5.82 Å². The zero-order valence-corrected chi connectivity index (χ0v) is 14.6. The van der Waals surface area contributed by atoms with E-state index in [1.807, 2.05) is 0 Å². The standard InChI is InChI=1S/C12H18N5O8P/c1-16(2)9-6-10(14-4-13-9)17(12(20)15-6)11-8(19)7(18)5(25-11)3-24-26(21,22)23/h4-5,7-8,11,18-19H,3H2,1-2H3,(H,15,20)(H2,21,22,23)/t5-,7-,8-,11-/m1/s1. The zero-order chi connectivity index (χ0) is 19.2. The van der Waals surface area contributed by atoms with Crippen molar-refractivity contribution in [2.75, 3.05) is 25.6 Å². The van der Waals surface area contributed by atoms with Crippen LogP contribution in [-0.2, 0) is 13.8 Å². The number of aliphatic hydroxyl groups excluding tert-OH is 2. The molecule has 13 nitrogen and oxygen atoms in total. The molecule has 0 bridgehead atoms. The van der Waals surface area contributed by atoms with Gasteiger partial charge in [-0.15, -0.1) is 0 Å². The summed E-state index contributed by atoms with van der Waals surface area (Å²) in [6, 6.07) is 0. The number of anilines is 1. The topological polar surface area (TPSA) is 183 Å². The van der Waals surface area contributed by atoms with Crippen molar-refractivity contribution >= 4 is 24.8 Å². The molecule has 14 heteroatoms. The highest BCUT2D eigenvalue weighted by molar-refractivity contribution is 7.46. The molecule has 3 rings (SSSR count). The predicted molar refractivity (Wildman–Crippen MR) is 86.4 cm³/mol. The molecule has 1 aliphatic rings. The van der Waals surface area contributed by atoms with Crippen molar-refractivity contribution in [1.29, 1.82) is 0 Å². The van der Waals surface area contributed by atoms with Gasteiger partial charge in [-0.25, -0.2) is 23.9 Å². The number of rotatable bonds is 5. The van der Waals surface area contributed by atoms with Gasteiger partial charge in [-0.05, 0) is 0 Å². The van der Waals surface area contributed by atoms with Gasteiger partial charge in [0.2, 0.25) is 0 Å². The summed E-state index contributed by atoms with van der Waals surface area (Å²) in [5, 5.41) is 20.3. The molecule has 4 atom stereocenters. The third kappa shape index (κ3) is 3.38. The molecule has 2 aromatic heterocycles. The minimum atomic E-state index is -4.78. The number of aromatic amines is 1. The van der Waals surface area contributed by atoms with Gasteiger partial charge in [0.25, 0.3) is 0 Å². The maximum Gasteiger partial charge on any atom is 0.469 e. The van der Waals surface area contributed by atoms with Crippen LogP contribution >= 0.6 is 7.82 Å². The molecule has 0 spiro atoms. The van der Waals surface area contributed by atoms with Gasteiger partial charge in [-0.2, -0.15) is 0 Å². The first-order valence-corrected chi connectivity index (χ1v) is 8.97. The number of imidazole rings is 1. The summed E-state index contributed by atoms with van der Waals surface area (Å²) in [7, 11) is -1.34. The molecule has 26 heavy (non-hydrogen) atoms. The fourth-order valence-corrected chi connectivity index (χ4v) is 3.09. The molecule has 0 saturated carbocycles. The number of phosphoric ester groups is 1. The van der Waals surface area contributed by atoms with E-state index in [9.17, 15) is 19.6 Å². The van der Waals surface area contributed by atoms with Crippen LogP contribution in [0.3, 0.4) is 0 Å². The molecular formula is C12H18N5O8P. The maximum atomic E-state index is 12.4. The molecule has 0 aliphatic carbocycles. The number of fused-ring (bicyclic) bond motifs is 1. The Balaban J connectivity index is 1.97. The van der Waals surface area contributed by atoms with E-state index in [4.69, 9.17) is 14.5 Å². The van der Waals surface area contributed by atoms with Crippen molar-refractivity contribution in [3.63, 3.8) is 0 Å². The second-order valence-electron chi connectivity index (χ2n) is 5.92. The van der Waals surface area contributed by atoms with E-state index in [1.165, 1.54) is 6.33 Å². The highest BCUT2D eigenvalue weighted by Gasteiger charge is 2.46. The third-order valence-electron chi connectivity index (χ3n) is 3.91. The van der Waals surface area contributed by atoms with Gasteiger partial charge in [0.15, 0.2) is 17.7 Å². The molecule has 1 fully saturated rings. The highest BCUT2D eigenvalue weighted by atomic mass is 31.2. The number of ether oxygens (including phenoxy) is 1. The summed E-state index contributed by atoms with van der Waals surface area (Å²) < 4.78 is 21.5. The SMILES string of the molecule is CN(C)c1ncnc2c1[nH]c(=O)n2[C@@H]1O[C@H](COP(=O)(O)O)[C@@H](O)[C@H]1O. The van der Waals surface area contributed by atoms with Crippen LogP contribution in [0.15, 0.2) is 11.1 Å². The van der Waals surface area contributed by atoms with Crippen molar-refractivity contribution in [3.8, 4) is 0 Å². The van der Waals surface area contributed by atoms with Crippen LogP contribution in [-0.4, -0.2) is 78.5 Å². The molecule has 1 aliphatic heterocycles. The average Bonchev–Trinajstić information content (AvgIpc) is 3.01. The summed E-state index contributed by atoms with van der Waals surface area (Å²) in [6.45, 7) is -0.673. The maximum absolute atomic E-state index is 12.4. The molecule has 144 valence electrons. The minimum absolute atomic E-state index is 0.140. The Kier molecular flexibility index (Phi) is 4.88. The first-order valence-electron chi connectivity index (χ1n) is 7.44. The van der Waals surface area contributed by atoms with Crippen molar-refractivity contribution < 1.29 is 33.8 Å². The van der Waals surface area contributed by atoms with Crippen molar-refractivity contribution in [1.82, 2.24) is 19.5 Å². The van der Waals surface area contributed by atoms with E-state index < -0.39 is 44.7 Å². The summed E-state index contributed by atoms with van der Waals surface area (Å²) >= 11 is 0. The van der Waals surface area contributed by atoms with Gasteiger partial charge in [-0.3, -0.25) is 4.52 Å². The summed E-state index contributed by atoms with van der Waals surface area (Å²) in [5.74, 6) is 0.431. The first-order chi connectivity index (χ1) is 12.1. The Bertz CT molecular complexity index is 907. The molecule has 2 aromatic rings. The molecular weight excluding hydrogens is 373 g/mol. The van der Waals surface area contributed by atoms with Gasteiger partial charge in [0, 0.05) is 14.1 Å². The van der Waals surface area contributed by atoms with Crippen LogP contribution in [0.2, 0.25) is 0 Å². The lowest BCUT2D eigenvalue weighted by Gasteiger charge is -2.16. The Morgan fingerprint density at radius 1 is 1.35 bits per heavy atom. The quantitative estimate of drug-likeness (QED) is 0.352. The normalized spacial score (nSPS) is 26.5. The summed E-state index contributed by atoms with van der Waals surface area (Å²) in [5.41, 5.74) is -0.208. The van der Waals surface area contributed by atoms with E-state index in [0.29, 0.717) is 11.3 Å². The third-order valence-corrected chi connectivity index (χ3v) is 4.39. The predicted octanol–water partition coefficient (Wildman–Crippen LogP) is -2.09. The van der Waals surface area contributed by atoms with Crippen LogP contribution in [0.1, 0.15) is 6.23 Å². The van der Waals surface area contributed by atoms with Gasteiger partial charge in [0.1, 0.15) is 30.2 Å². The first kappa shape index (κ1) is 18.9. The zero-order valence-electron chi connectivity index (χ0n) is 13.8. The number of nitrogens with zero attached hydrogens (tertiary/aromatic N) is 4. The average molecular weight is 391 g/mol. The number of phosphoric acid groups is 1. The number of nitrogens with one attached hydrogen (secondary N) is 1. The molecule has 0 amide bonds. The number of hydrogen-bond acceptors (Lipinski definition) is 9. The smallest absolute Gasteiger partial charge is 0.387 e. The fourth-order valence-electron chi connectivity index (χ4n) is 2.75. The fraction of sp³-hybridized carbons (Fsp3) is 0.583. The molecule has 0 radical (unpaired) electrons. The Hall–Kier alpha value is -1.86. The molecule has 0 aromatic carbocycles. The van der Waals surface area contributed by atoms with Crippen LogP contribution < -0.4 is 10.6 Å². The van der Waals surface area contributed by atoms with E-state index in [2.05, 4.69) is 19.5 Å². The lowest BCUT2D eigenvalue weighted by atomic mass is 10.1. The highest BCUT2D eigenvalue weighted by Crippen LogP contribution is 2.38. The molecule has 5 N–H and O–H groups in total. The monoisotopic (exact) mass is 391 g/mol. The Labute approximate surface area is 146 Å². The van der Waals surface area contributed by atoms with Crippen molar-refractivity contribution in [3.05, 3.63) is 16.8 Å². The number of H-pyrrole nitrogens is 1. The van der Waals surface area contributed by atoms with E-state index in [1.54, 1.807) is 19.0 Å². The molecule has 3 heterocycles. The number of hydrogen-bond donors (Lipinski definition) is 5. The Morgan fingerprint density at radius 2 is 2.04 bits per heavy atom. The van der Waals surface area contributed by atoms with Gasteiger partial charge in [-0.1, -0.05) is 0 Å². The van der Waals surface area contributed by atoms with Crippen LogP contribution in [0, 0.1) is 0 Å². The summed E-state index contributed by atoms with van der Waals surface area (Å²) in [6.07, 6.45) is -4.43. The van der Waals surface area contributed by atoms with Crippen LogP contribution in [0.5, 0.6) is 0 Å². The lowest BCUT2D eigenvalue weighted by molar-refractivity contribution is -0.0517. The van der Waals surface area contributed by atoms with Gasteiger partial charge in [0.05, 0.1) is 6.61 Å². The lowest BCUT2D eigenvalue weighted by Crippen LogP contribution is -2.35.